The molecule has 0 aromatic heterocycles. The summed E-state index contributed by atoms with van der Waals surface area (Å²) in [5.74, 6) is 0. The third-order valence-electron chi connectivity index (χ3n) is 2.17. The van der Waals surface area contributed by atoms with E-state index in [9.17, 15) is 5.11 Å². The Morgan fingerprint density at radius 2 is 2.27 bits per heavy atom. The van der Waals surface area contributed by atoms with Crippen LogP contribution in [0.1, 0.15) is 19.8 Å². The molecule has 0 fully saturated rings. The standard InChI is InChI=1S/C11H17BrN2O/c1-2-3-9(15)7-14-11-6-8(12)4-5-10(11)13/h4-6,9,14-15H,2-3,7,13H2,1H3. The number of hydrogen-bond acceptors (Lipinski definition) is 3. The topological polar surface area (TPSA) is 58.3 Å². The minimum Gasteiger partial charge on any atom is -0.397 e. The maximum atomic E-state index is 9.56. The summed E-state index contributed by atoms with van der Waals surface area (Å²) in [4.78, 5) is 0. The first-order chi connectivity index (χ1) is 7.13. The molecular formula is C11H17BrN2O. The lowest BCUT2D eigenvalue weighted by atomic mass is 10.2. The van der Waals surface area contributed by atoms with E-state index in [1.807, 2.05) is 18.2 Å². The van der Waals surface area contributed by atoms with Gasteiger partial charge in [-0.1, -0.05) is 29.3 Å². The lowest BCUT2D eigenvalue weighted by Gasteiger charge is -2.13. The third kappa shape index (κ3) is 4.10. The van der Waals surface area contributed by atoms with Gasteiger partial charge in [-0.15, -0.1) is 0 Å². The molecule has 4 heteroatoms. The molecule has 1 atom stereocenters. The van der Waals surface area contributed by atoms with Gasteiger partial charge in [0.2, 0.25) is 0 Å². The summed E-state index contributed by atoms with van der Waals surface area (Å²) >= 11 is 3.38. The fraction of sp³-hybridized carbons (Fsp3) is 0.455. The van der Waals surface area contributed by atoms with E-state index in [1.165, 1.54) is 0 Å². The molecule has 0 saturated carbocycles. The summed E-state index contributed by atoms with van der Waals surface area (Å²) in [7, 11) is 0. The lowest BCUT2D eigenvalue weighted by molar-refractivity contribution is 0.176. The highest BCUT2D eigenvalue weighted by molar-refractivity contribution is 9.10. The zero-order valence-corrected chi connectivity index (χ0v) is 10.4. The lowest BCUT2D eigenvalue weighted by Crippen LogP contribution is -2.19. The molecular weight excluding hydrogens is 256 g/mol. The Hall–Kier alpha value is -0.740. The summed E-state index contributed by atoms with van der Waals surface area (Å²) < 4.78 is 0.976. The Bertz CT molecular complexity index is 317. The summed E-state index contributed by atoms with van der Waals surface area (Å²) in [6.45, 7) is 2.59. The molecule has 0 aliphatic rings. The quantitative estimate of drug-likeness (QED) is 0.723. The van der Waals surface area contributed by atoms with Crippen LogP contribution < -0.4 is 11.1 Å². The number of aliphatic hydroxyl groups excluding tert-OH is 1. The van der Waals surface area contributed by atoms with Crippen molar-refractivity contribution >= 4 is 27.3 Å². The smallest absolute Gasteiger partial charge is 0.0712 e. The van der Waals surface area contributed by atoms with E-state index in [0.29, 0.717) is 12.2 Å². The van der Waals surface area contributed by atoms with Crippen molar-refractivity contribution in [3.05, 3.63) is 22.7 Å². The van der Waals surface area contributed by atoms with Crippen molar-refractivity contribution in [1.29, 1.82) is 0 Å². The molecule has 1 aromatic rings. The van der Waals surface area contributed by atoms with Gasteiger partial charge >= 0.3 is 0 Å². The molecule has 1 unspecified atom stereocenters. The van der Waals surface area contributed by atoms with Gasteiger partial charge in [0.1, 0.15) is 0 Å². The van der Waals surface area contributed by atoms with Gasteiger partial charge in [-0.25, -0.2) is 0 Å². The van der Waals surface area contributed by atoms with Crippen LogP contribution in [0.3, 0.4) is 0 Å². The van der Waals surface area contributed by atoms with Gasteiger partial charge in [-0.2, -0.15) is 0 Å². The number of nitrogens with one attached hydrogen (secondary N) is 1. The molecule has 15 heavy (non-hydrogen) atoms. The molecule has 0 aliphatic carbocycles. The fourth-order valence-electron chi connectivity index (χ4n) is 1.34. The Morgan fingerprint density at radius 3 is 2.93 bits per heavy atom. The van der Waals surface area contributed by atoms with Gasteiger partial charge in [0.05, 0.1) is 17.5 Å². The third-order valence-corrected chi connectivity index (χ3v) is 2.66. The number of hydrogen-bond donors (Lipinski definition) is 3. The maximum absolute atomic E-state index is 9.56. The summed E-state index contributed by atoms with van der Waals surface area (Å²) in [6.07, 6.45) is 1.48. The zero-order chi connectivity index (χ0) is 11.3. The number of anilines is 2. The van der Waals surface area contributed by atoms with Crippen molar-refractivity contribution in [2.45, 2.75) is 25.9 Å². The van der Waals surface area contributed by atoms with E-state index < -0.39 is 0 Å². The van der Waals surface area contributed by atoms with Crippen molar-refractivity contribution in [2.24, 2.45) is 0 Å². The molecule has 3 nitrogen and oxygen atoms in total. The van der Waals surface area contributed by atoms with Gasteiger partial charge in [-0.05, 0) is 24.6 Å². The van der Waals surface area contributed by atoms with Gasteiger partial charge in [0.15, 0.2) is 0 Å². The van der Waals surface area contributed by atoms with Gasteiger partial charge in [0.25, 0.3) is 0 Å². The number of aliphatic hydroxyl groups is 1. The van der Waals surface area contributed by atoms with E-state index in [2.05, 4.69) is 28.2 Å². The van der Waals surface area contributed by atoms with E-state index >= 15 is 0 Å². The van der Waals surface area contributed by atoms with E-state index in [-0.39, 0.29) is 6.10 Å². The number of nitrogens with two attached hydrogens (primary N) is 1. The normalized spacial score (nSPS) is 12.5. The van der Waals surface area contributed by atoms with Crippen molar-refractivity contribution in [2.75, 3.05) is 17.6 Å². The highest BCUT2D eigenvalue weighted by atomic mass is 79.9. The van der Waals surface area contributed by atoms with Crippen LogP contribution in [0, 0.1) is 0 Å². The minimum atomic E-state index is -0.312. The Balaban J connectivity index is 2.53. The van der Waals surface area contributed by atoms with E-state index in [1.54, 1.807) is 0 Å². The Morgan fingerprint density at radius 1 is 1.53 bits per heavy atom. The maximum Gasteiger partial charge on any atom is 0.0712 e. The SMILES string of the molecule is CCCC(O)CNc1cc(Br)ccc1N. The van der Waals surface area contributed by atoms with Crippen LogP contribution in [0.15, 0.2) is 22.7 Å². The van der Waals surface area contributed by atoms with Crippen LogP contribution in [0.2, 0.25) is 0 Å². The van der Waals surface area contributed by atoms with E-state index in [0.717, 1.165) is 23.0 Å². The van der Waals surface area contributed by atoms with Crippen LogP contribution in [0.25, 0.3) is 0 Å². The molecule has 0 radical (unpaired) electrons. The number of nitrogen functional groups attached to an aromatic ring is 1. The molecule has 1 aromatic carbocycles. The second-order valence-corrected chi connectivity index (χ2v) is 4.47. The monoisotopic (exact) mass is 272 g/mol. The second kappa shape index (κ2) is 5.98. The first-order valence-corrected chi connectivity index (χ1v) is 5.89. The zero-order valence-electron chi connectivity index (χ0n) is 8.83. The average molecular weight is 273 g/mol. The molecule has 0 spiro atoms. The largest absolute Gasteiger partial charge is 0.397 e. The van der Waals surface area contributed by atoms with Gasteiger partial charge in [0, 0.05) is 11.0 Å². The molecule has 0 aliphatic heterocycles. The Labute approximate surface area is 98.8 Å². The second-order valence-electron chi connectivity index (χ2n) is 3.55. The summed E-state index contributed by atoms with van der Waals surface area (Å²) in [5.41, 5.74) is 7.34. The molecule has 0 amide bonds. The van der Waals surface area contributed by atoms with Crippen molar-refractivity contribution in [3.8, 4) is 0 Å². The molecule has 84 valence electrons. The molecule has 4 N–H and O–H groups in total. The van der Waals surface area contributed by atoms with Crippen LogP contribution in [-0.2, 0) is 0 Å². The number of halogens is 1. The predicted molar refractivity (Wildman–Crippen MR) is 68.0 cm³/mol. The van der Waals surface area contributed by atoms with Gasteiger partial charge in [-0.3, -0.25) is 0 Å². The first-order valence-electron chi connectivity index (χ1n) is 5.10. The highest BCUT2D eigenvalue weighted by Gasteiger charge is 2.04. The van der Waals surface area contributed by atoms with Crippen LogP contribution in [0.5, 0.6) is 0 Å². The van der Waals surface area contributed by atoms with E-state index in [4.69, 9.17) is 5.73 Å². The summed E-state index contributed by atoms with van der Waals surface area (Å²) in [6, 6.07) is 5.63. The van der Waals surface area contributed by atoms with Crippen molar-refractivity contribution in [3.63, 3.8) is 0 Å². The van der Waals surface area contributed by atoms with Crippen LogP contribution in [0.4, 0.5) is 11.4 Å². The van der Waals surface area contributed by atoms with Gasteiger partial charge < -0.3 is 16.2 Å². The molecule has 1 rings (SSSR count). The average Bonchev–Trinajstić information content (AvgIpc) is 2.20. The van der Waals surface area contributed by atoms with Crippen molar-refractivity contribution < 1.29 is 5.11 Å². The van der Waals surface area contributed by atoms with Crippen molar-refractivity contribution in [1.82, 2.24) is 0 Å². The first kappa shape index (κ1) is 12.3. The molecule has 0 saturated heterocycles. The van der Waals surface area contributed by atoms with Crippen LogP contribution in [-0.4, -0.2) is 17.8 Å². The number of benzene rings is 1. The summed E-state index contributed by atoms with van der Waals surface area (Å²) in [5, 5.41) is 12.7. The highest BCUT2D eigenvalue weighted by Crippen LogP contribution is 2.23. The van der Waals surface area contributed by atoms with Crippen LogP contribution >= 0.6 is 15.9 Å². The predicted octanol–water partition coefficient (Wildman–Crippen LogP) is 2.60. The minimum absolute atomic E-state index is 0.312. The Kier molecular flexibility index (Phi) is 4.91. The molecule has 0 bridgehead atoms. The number of rotatable bonds is 5. The molecule has 0 heterocycles. The fourth-order valence-corrected chi connectivity index (χ4v) is 1.71.